The quantitative estimate of drug-likeness (QED) is 0.636. The van der Waals surface area contributed by atoms with Gasteiger partial charge in [-0.2, -0.15) is 0 Å². The van der Waals surface area contributed by atoms with Gasteiger partial charge in [0.15, 0.2) is 6.61 Å². The molecule has 1 aliphatic rings. The molecule has 27 heavy (non-hydrogen) atoms. The first-order chi connectivity index (χ1) is 12.8. The summed E-state index contributed by atoms with van der Waals surface area (Å²) < 4.78 is 6.79. The van der Waals surface area contributed by atoms with Gasteiger partial charge in [-0.1, -0.05) is 67.3 Å². The SMILES string of the molecule is CC(C)(C)c1cc(Br)ccc1OCC(=O)Nc1nnc(C2CCCCC2)s1. The number of carbonyl (C=O) groups excluding carboxylic acids is 1. The molecule has 0 spiro atoms. The fraction of sp³-hybridized carbons (Fsp3) is 0.550. The van der Waals surface area contributed by atoms with Crippen molar-refractivity contribution in [1.82, 2.24) is 10.2 Å². The van der Waals surface area contributed by atoms with Crippen molar-refractivity contribution < 1.29 is 9.53 Å². The van der Waals surface area contributed by atoms with Crippen LogP contribution >= 0.6 is 27.3 Å². The number of benzene rings is 1. The Kier molecular flexibility index (Phi) is 6.52. The van der Waals surface area contributed by atoms with Gasteiger partial charge in [0.25, 0.3) is 5.91 Å². The number of carbonyl (C=O) groups is 1. The molecule has 1 aliphatic carbocycles. The van der Waals surface area contributed by atoms with Crippen LogP contribution in [0.5, 0.6) is 5.75 Å². The van der Waals surface area contributed by atoms with Crippen molar-refractivity contribution >= 4 is 38.3 Å². The summed E-state index contributed by atoms with van der Waals surface area (Å²) in [5.41, 5.74) is 0.976. The van der Waals surface area contributed by atoms with Gasteiger partial charge in [0, 0.05) is 16.0 Å². The third kappa shape index (κ3) is 5.51. The lowest BCUT2D eigenvalue weighted by molar-refractivity contribution is -0.118. The summed E-state index contributed by atoms with van der Waals surface area (Å²) in [6, 6.07) is 5.85. The lowest BCUT2D eigenvalue weighted by atomic mass is 9.86. The van der Waals surface area contributed by atoms with Crippen LogP contribution < -0.4 is 10.1 Å². The second kappa shape index (κ2) is 8.69. The Labute approximate surface area is 173 Å². The van der Waals surface area contributed by atoms with Gasteiger partial charge in [0.2, 0.25) is 5.13 Å². The number of nitrogens with one attached hydrogen (secondary N) is 1. The Bertz CT molecular complexity index is 795. The van der Waals surface area contributed by atoms with Crippen molar-refractivity contribution in [2.75, 3.05) is 11.9 Å². The molecular formula is C20H26BrN3O2S. The van der Waals surface area contributed by atoms with Crippen molar-refractivity contribution in [2.24, 2.45) is 0 Å². The molecule has 1 saturated carbocycles. The second-order valence-corrected chi connectivity index (χ2v) is 9.93. The standard InChI is InChI=1S/C20H26BrN3O2S/c1-20(2,3)15-11-14(21)9-10-16(15)26-12-17(25)22-19-24-23-18(27-19)13-7-5-4-6-8-13/h9-11,13H,4-8,12H2,1-3H3,(H,22,24,25). The first-order valence-corrected chi connectivity index (χ1v) is 11.0. The largest absolute Gasteiger partial charge is 0.483 e. The normalized spacial score (nSPS) is 15.6. The molecule has 1 N–H and O–H groups in total. The zero-order valence-electron chi connectivity index (χ0n) is 16.0. The topological polar surface area (TPSA) is 64.1 Å². The molecule has 0 aliphatic heterocycles. The lowest BCUT2D eigenvalue weighted by Gasteiger charge is -2.23. The number of hydrogen-bond donors (Lipinski definition) is 1. The van der Waals surface area contributed by atoms with Crippen molar-refractivity contribution in [3.63, 3.8) is 0 Å². The monoisotopic (exact) mass is 451 g/mol. The minimum Gasteiger partial charge on any atom is -0.483 e. The number of ether oxygens (including phenoxy) is 1. The van der Waals surface area contributed by atoms with Crippen LogP contribution in [0.1, 0.15) is 69.4 Å². The van der Waals surface area contributed by atoms with Crippen molar-refractivity contribution in [2.45, 2.75) is 64.2 Å². The van der Waals surface area contributed by atoms with E-state index < -0.39 is 0 Å². The highest BCUT2D eigenvalue weighted by atomic mass is 79.9. The molecule has 1 amide bonds. The van der Waals surface area contributed by atoms with E-state index in [2.05, 4.69) is 52.2 Å². The maximum atomic E-state index is 12.3. The Hall–Kier alpha value is -1.47. The van der Waals surface area contributed by atoms with E-state index in [1.165, 1.54) is 43.4 Å². The summed E-state index contributed by atoms with van der Waals surface area (Å²) in [6.45, 7) is 6.31. The fourth-order valence-corrected chi connectivity index (χ4v) is 4.60. The van der Waals surface area contributed by atoms with Gasteiger partial charge >= 0.3 is 0 Å². The summed E-state index contributed by atoms with van der Waals surface area (Å²) >= 11 is 4.98. The van der Waals surface area contributed by atoms with E-state index in [0.717, 1.165) is 20.8 Å². The first kappa shape index (κ1) is 20.3. The molecule has 2 aromatic rings. The lowest BCUT2D eigenvalue weighted by Crippen LogP contribution is -2.22. The summed E-state index contributed by atoms with van der Waals surface area (Å²) in [7, 11) is 0. The molecule has 1 heterocycles. The van der Waals surface area contributed by atoms with Crippen molar-refractivity contribution in [3.8, 4) is 5.75 Å². The van der Waals surface area contributed by atoms with Gasteiger partial charge in [-0.15, -0.1) is 10.2 Å². The predicted molar refractivity (Wildman–Crippen MR) is 113 cm³/mol. The second-order valence-electron chi connectivity index (χ2n) is 8.01. The van der Waals surface area contributed by atoms with E-state index in [9.17, 15) is 4.79 Å². The Morgan fingerprint density at radius 3 is 2.70 bits per heavy atom. The average molecular weight is 452 g/mol. The number of anilines is 1. The van der Waals surface area contributed by atoms with E-state index >= 15 is 0 Å². The molecule has 3 rings (SSSR count). The van der Waals surface area contributed by atoms with E-state index in [-0.39, 0.29) is 17.9 Å². The maximum Gasteiger partial charge on any atom is 0.264 e. The van der Waals surface area contributed by atoms with Gasteiger partial charge < -0.3 is 4.74 Å². The van der Waals surface area contributed by atoms with E-state index in [1.807, 2.05) is 18.2 Å². The number of hydrogen-bond acceptors (Lipinski definition) is 5. The van der Waals surface area contributed by atoms with Gasteiger partial charge in [0.05, 0.1) is 0 Å². The molecule has 1 fully saturated rings. The Morgan fingerprint density at radius 2 is 2.00 bits per heavy atom. The Balaban J connectivity index is 1.58. The third-order valence-corrected chi connectivity index (χ3v) is 6.24. The molecular weight excluding hydrogens is 426 g/mol. The molecule has 1 aromatic carbocycles. The van der Waals surface area contributed by atoms with Crippen LogP contribution in [0.3, 0.4) is 0 Å². The molecule has 5 nitrogen and oxygen atoms in total. The van der Waals surface area contributed by atoms with Crippen LogP contribution in [0.25, 0.3) is 0 Å². The molecule has 0 radical (unpaired) electrons. The fourth-order valence-electron chi connectivity index (χ4n) is 3.31. The minimum absolute atomic E-state index is 0.0525. The number of halogens is 1. The highest BCUT2D eigenvalue weighted by molar-refractivity contribution is 9.10. The van der Waals surface area contributed by atoms with Crippen LogP contribution in [0, 0.1) is 0 Å². The van der Waals surface area contributed by atoms with Crippen molar-refractivity contribution in [3.05, 3.63) is 33.2 Å². The number of nitrogens with zero attached hydrogens (tertiary/aromatic N) is 2. The number of amides is 1. The molecule has 0 unspecified atom stereocenters. The maximum absolute atomic E-state index is 12.3. The third-order valence-electron chi connectivity index (χ3n) is 4.75. The summed E-state index contributed by atoms with van der Waals surface area (Å²) in [6.07, 6.45) is 6.16. The predicted octanol–water partition coefficient (Wildman–Crippen LogP) is 5.66. The van der Waals surface area contributed by atoms with Crippen LogP contribution in [0.15, 0.2) is 22.7 Å². The summed E-state index contributed by atoms with van der Waals surface area (Å²) in [5.74, 6) is 1.00. The molecule has 0 saturated heterocycles. The molecule has 0 atom stereocenters. The Morgan fingerprint density at radius 1 is 1.26 bits per heavy atom. The molecule has 1 aromatic heterocycles. The van der Waals surface area contributed by atoms with E-state index in [1.54, 1.807) is 0 Å². The first-order valence-electron chi connectivity index (χ1n) is 9.39. The zero-order valence-corrected chi connectivity index (χ0v) is 18.5. The van der Waals surface area contributed by atoms with E-state index in [0.29, 0.717) is 11.0 Å². The van der Waals surface area contributed by atoms with Gasteiger partial charge in [-0.25, -0.2) is 0 Å². The smallest absolute Gasteiger partial charge is 0.264 e. The molecule has 7 heteroatoms. The highest BCUT2D eigenvalue weighted by Gasteiger charge is 2.22. The van der Waals surface area contributed by atoms with Crippen LogP contribution in [-0.2, 0) is 10.2 Å². The van der Waals surface area contributed by atoms with Crippen LogP contribution in [0.2, 0.25) is 0 Å². The number of aromatic nitrogens is 2. The van der Waals surface area contributed by atoms with E-state index in [4.69, 9.17) is 4.74 Å². The minimum atomic E-state index is -0.218. The van der Waals surface area contributed by atoms with Gasteiger partial charge in [-0.3, -0.25) is 10.1 Å². The molecule has 0 bridgehead atoms. The zero-order chi connectivity index (χ0) is 19.4. The summed E-state index contributed by atoms with van der Waals surface area (Å²) in [5, 5.41) is 12.8. The van der Waals surface area contributed by atoms with Crippen LogP contribution in [0.4, 0.5) is 5.13 Å². The van der Waals surface area contributed by atoms with Gasteiger partial charge in [-0.05, 0) is 36.5 Å². The summed E-state index contributed by atoms with van der Waals surface area (Å²) in [4.78, 5) is 12.3. The van der Waals surface area contributed by atoms with Crippen LogP contribution in [-0.4, -0.2) is 22.7 Å². The van der Waals surface area contributed by atoms with Gasteiger partial charge in [0.1, 0.15) is 10.8 Å². The highest BCUT2D eigenvalue weighted by Crippen LogP contribution is 2.35. The average Bonchev–Trinajstić information content (AvgIpc) is 3.09. The van der Waals surface area contributed by atoms with Crippen molar-refractivity contribution in [1.29, 1.82) is 0 Å². The number of rotatable bonds is 5. The molecule has 146 valence electrons.